The Morgan fingerprint density at radius 2 is 2.19 bits per heavy atom. The molecule has 0 spiro atoms. The van der Waals surface area contributed by atoms with Gasteiger partial charge in [-0.2, -0.15) is 0 Å². The van der Waals surface area contributed by atoms with Gasteiger partial charge in [0.25, 0.3) is 0 Å². The summed E-state index contributed by atoms with van der Waals surface area (Å²) in [6.45, 7) is 0. The first kappa shape index (κ1) is 17.6. The number of pyridine rings is 2. The summed E-state index contributed by atoms with van der Waals surface area (Å²) >= 11 is 6.15. The van der Waals surface area contributed by atoms with Crippen molar-refractivity contribution in [2.45, 2.75) is 0 Å². The van der Waals surface area contributed by atoms with Crippen molar-refractivity contribution in [3.63, 3.8) is 0 Å². The van der Waals surface area contributed by atoms with Crippen LogP contribution in [0.3, 0.4) is 0 Å². The standard InChI is InChI=1S/C17H14ClFN6O/c1-26-14-4-2-3-13(23-14)16(20)25-17(15-10(18)5-8-22-15)24-12-6-7-21-9-11(12)19/h2-9,22H,1H3,(H2,20,21,24,25). The van der Waals surface area contributed by atoms with Crippen LogP contribution in [-0.4, -0.2) is 33.7 Å². The number of hydrogen-bond donors (Lipinski definition) is 3. The zero-order chi connectivity index (χ0) is 18.5. The first-order valence-electron chi connectivity index (χ1n) is 7.47. The maximum absolute atomic E-state index is 13.9. The van der Waals surface area contributed by atoms with E-state index in [9.17, 15) is 4.39 Å². The molecule has 0 saturated heterocycles. The number of rotatable bonds is 4. The number of halogens is 2. The minimum atomic E-state index is -0.561. The van der Waals surface area contributed by atoms with Crippen LogP contribution in [0.1, 0.15) is 11.4 Å². The molecule has 9 heteroatoms. The molecule has 26 heavy (non-hydrogen) atoms. The molecule has 0 aliphatic rings. The van der Waals surface area contributed by atoms with Crippen molar-refractivity contribution < 1.29 is 9.13 Å². The van der Waals surface area contributed by atoms with E-state index in [1.165, 1.54) is 19.4 Å². The fourth-order valence-corrected chi connectivity index (χ4v) is 2.32. The third kappa shape index (κ3) is 3.86. The maximum Gasteiger partial charge on any atom is 0.213 e. The largest absolute Gasteiger partial charge is 0.481 e. The van der Waals surface area contributed by atoms with Gasteiger partial charge in [0.15, 0.2) is 17.5 Å². The topological polar surface area (TPSA) is 99.0 Å². The molecule has 0 unspecified atom stereocenters. The molecule has 3 aromatic rings. The monoisotopic (exact) mass is 372 g/mol. The predicted octanol–water partition coefficient (Wildman–Crippen LogP) is 3.49. The Morgan fingerprint density at radius 3 is 2.88 bits per heavy atom. The Kier molecular flexibility index (Phi) is 5.23. The van der Waals surface area contributed by atoms with Crippen LogP contribution in [0, 0.1) is 11.2 Å². The molecule has 3 rings (SSSR count). The zero-order valence-corrected chi connectivity index (χ0v) is 14.4. The van der Waals surface area contributed by atoms with E-state index in [-0.39, 0.29) is 17.4 Å². The highest BCUT2D eigenvalue weighted by atomic mass is 35.5. The van der Waals surface area contributed by atoms with E-state index >= 15 is 0 Å². The Morgan fingerprint density at radius 1 is 1.35 bits per heavy atom. The number of H-pyrrole nitrogens is 1. The van der Waals surface area contributed by atoms with Gasteiger partial charge >= 0.3 is 0 Å². The molecule has 0 aliphatic heterocycles. The summed E-state index contributed by atoms with van der Waals surface area (Å²) in [4.78, 5) is 15.0. The van der Waals surface area contributed by atoms with Gasteiger partial charge in [0.2, 0.25) is 5.88 Å². The van der Waals surface area contributed by atoms with Crippen molar-refractivity contribution >= 4 is 29.0 Å². The molecular formula is C17H14ClFN6O. The molecule has 3 aromatic heterocycles. The number of nitrogens with one attached hydrogen (secondary N) is 3. The molecule has 0 aliphatic carbocycles. The fourth-order valence-electron chi connectivity index (χ4n) is 2.11. The van der Waals surface area contributed by atoms with Crippen LogP contribution >= 0.6 is 11.6 Å². The summed E-state index contributed by atoms with van der Waals surface area (Å²) in [5, 5.41) is 11.4. The number of nitrogens with zero attached hydrogens (tertiary/aromatic N) is 3. The van der Waals surface area contributed by atoms with Gasteiger partial charge < -0.3 is 15.0 Å². The lowest BCUT2D eigenvalue weighted by atomic mass is 10.3. The Balaban J connectivity index is 2.00. The lowest BCUT2D eigenvalue weighted by Crippen LogP contribution is -2.18. The van der Waals surface area contributed by atoms with Gasteiger partial charge in [-0.05, 0) is 18.2 Å². The average molecular weight is 373 g/mol. The summed E-state index contributed by atoms with van der Waals surface area (Å²) in [5.74, 6) is -0.185. The summed E-state index contributed by atoms with van der Waals surface area (Å²) in [7, 11) is 1.48. The third-order valence-electron chi connectivity index (χ3n) is 3.36. The van der Waals surface area contributed by atoms with Crippen molar-refractivity contribution in [2.75, 3.05) is 12.4 Å². The number of amidine groups is 2. The number of ether oxygens (including phenoxy) is 1. The van der Waals surface area contributed by atoms with E-state index in [1.807, 2.05) is 0 Å². The Labute approximate surface area is 153 Å². The second kappa shape index (κ2) is 7.75. The van der Waals surface area contributed by atoms with E-state index in [0.29, 0.717) is 22.3 Å². The number of aliphatic imine (C=N–C) groups is 1. The average Bonchev–Trinajstić information content (AvgIpc) is 3.08. The number of methoxy groups -OCH3 is 1. The quantitative estimate of drug-likeness (QED) is 0.482. The van der Waals surface area contributed by atoms with Crippen LogP contribution in [0.4, 0.5) is 10.1 Å². The van der Waals surface area contributed by atoms with E-state index in [4.69, 9.17) is 21.7 Å². The summed E-state index contributed by atoms with van der Waals surface area (Å²) < 4.78 is 19.0. The molecule has 0 aromatic carbocycles. The smallest absolute Gasteiger partial charge is 0.213 e. The number of aromatic amines is 1. The molecule has 3 heterocycles. The van der Waals surface area contributed by atoms with E-state index in [0.717, 1.165) is 6.20 Å². The number of hydrogen-bond acceptors (Lipinski definition) is 4. The molecule has 0 atom stereocenters. The molecule has 0 bridgehead atoms. The van der Waals surface area contributed by atoms with Crippen LogP contribution in [0.15, 0.2) is 53.9 Å². The second-order valence-electron chi connectivity index (χ2n) is 5.06. The van der Waals surface area contributed by atoms with Crippen molar-refractivity contribution in [1.29, 1.82) is 5.41 Å². The van der Waals surface area contributed by atoms with Gasteiger partial charge in [0.1, 0.15) is 11.4 Å². The van der Waals surface area contributed by atoms with Crippen molar-refractivity contribution in [3.8, 4) is 5.88 Å². The number of anilines is 1. The van der Waals surface area contributed by atoms with Gasteiger partial charge in [-0.3, -0.25) is 10.4 Å². The van der Waals surface area contributed by atoms with E-state index < -0.39 is 5.82 Å². The van der Waals surface area contributed by atoms with Crippen molar-refractivity contribution in [1.82, 2.24) is 15.0 Å². The first-order chi connectivity index (χ1) is 12.6. The minimum Gasteiger partial charge on any atom is -0.481 e. The molecule has 3 N–H and O–H groups in total. The minimum absolute atomic E-state index is 0.147. The summed E-state index contributed by atoms with van der Waals surface area (Å²) in [6.07, 6.45) is 4.13. The Bertz CT molecular complexity index is 971. The molecule has 0 fully saturated rings. The van der Waals surface area contributed by atoms with Gasteiger partial charge in [0, 0.05) is 18.5 Å². The van der Waals surface area contributed by atoms with Crippen LogP contribution in [0.5, 0.6) is 5.88 Å². The SMILES string of the molecule is COc1cccc(C(=N)/N=C(/Nc2ccncc2F)c2[nH]ccc2Cl)n1. The van der Waals surface area contributed by atoms with Gasteiger partial charge in [0.05, 0.1) is 24.0 Å². The van der Waals surface area contributed by atoms with Gasteiger partial charge in [-0.15, -0.1) is 0 Å². The maximum atomic E-state index is 13.9. The molecule has 0 radical (unpaired) electrons. The highest BCUT2D eigenvalue weighted by Gasteiger charge is 2.14. The third-order valence-corrected chi connectivity index (χ3v) is 3.67. The Hall–Kier alpha value is -3.26. The van der Waals surface area contributed by atoms with Crippen molar-refractivity contribution in [2.24, 2.45) is 4.99 Å². The predicted molar refractivity (Wildman–Crippen MR) is 97.8 cm³/mol. The summed E-state index contributed by atoms with van der Waals surface area (Å²) in [5.41, 5.74) is 0.855. The van der Waals surface area contributed by atoms with Gasteiger partial charge in [-0.25, -0.2) is 14.4 Å². The molecule has 0 saturated carbocycles. The van der Waals surface area contributed by atoms with Crippen LogP contribution in [0.2, 0.25) is 5.02 Å². The van der Waals surface area contributed by atoms with E-state index in [2.05, 4.69) is 25.3 Å². The molecule has 132 valence electrons. The van der Waals surface area contributed by atoms with Crippen LogP contribution < -0.4 is 10.1 Å². The molecule has 0 amide bonds. The van der Waals surface area contributed by atoms with Crippen LogP contribution in [0.25, 0.3) is 0 Å². The van der Waals surface area contributed by atoms with Crippen LogP contribution in [-0.2, 0) is 0 Å². The lowest BCUT2D eigenvalue weighted by molar-refractivity contribution is 0.397. The highest BCUT2D eigenvalue weighted by molar-refractivity contribution is 6.35. The highest BCUT2D eigenvalue weighted by Crippen LogP contribution is 2.19. The molecule has 7 nitrogen and oxygen atoms in total. The number of aromatic nitrogens is 3. The zero-order valence-electron chi connectivity index (χ0n) is 13.6. The lowest BCUT2D eigenvalue weighted by Gasteiger charge is -2.10. The normalized spacial score (nSPS) is 11.3. The first-order valence-corrected chi connectivity index (χ1v) is 7.84. The van der Waals surface area contributed by atoms with E-state index in [1.54, 1.807) is 30.5 Å². The fraction of sp³-hybridized carbons (Fsp3) is 0.0588. The second-order valence-corrected chi connectivity index (χ2v) is 5.46. The summed E-state index contributed by atoms with van der Waals surface area (Å²) in [6, 6.07) is 8.06. The van der Waals surface area contributed by atoms with Gasteiger partial charge in [-0.1, -0.05) is 17.7 Å². The molecular weight excluding hydrogens is 359 g/mol. The van der Waals surface area contributed by atoms with Crippen molar-refractivity contribution in [3.05, 3.63) is 71.2 Å².